The number of rotatable bonds is 6. The van der Waals surface area contributed by atoms with Crippen LogP contribution in [0.15, 0.2) is 74.1 Å². The first-order valence-electron chi connectivity index (χ1n) is 13.3. The molecule has 4 heterocycles. The molecule has 9 nitrogen and oxygen atoms in total. The number of carbonyl (C=O) groups excluding carboxylic acids is 1. The molecule has 1 amide bonds. The molecule has 1 N–H and O–H groups in total. The predicted octanol–water partition coefficient (Wildman–Crippen LogP) is 5.65. The van der Waals surface area contributed by atoms with Gasteiger partial charge < -0.3 is 14.4 Å². The minimum Gasteiger partial charge on any atom is -0.493 e. The third kappa shape index (κ3) is 4.97. The van der Waals surface area contributed by atoms with Crippen molar-refractivity contribution in [3.8, 4) is 11.6 Å². The molecule has 2 aromatic carbocycles. The highest BCUT2D eigenvalue weighted by Gasteiger charge is 2.35. The van der Waals surface area contributed by atoms with Gasteiger partial charge >= 0.3 is 5.91 Å². The average Bonchev–Trinajstić information content (AvgIpc) is 3.18. The van der Waals surface area contributed by atoms with Crippen LogP contribution >= 0.6 is 15.9 Å². The number of aromatic nitrogens is 2. The van der Waals surface area contributed by atoms with Crippen molar-refractivity contribution in [1.82, 2.24) is 14.0 Å². The molecule has 4 aromatic rings. The summed E-state index contributed by atoms with van der Waals surface area (Å²) in [6.45, 7) is 6.43. The first-order valence-corrected chi connectivity index (χ1v) is 14.1. The minimum atomic E-state index is -0.547. The largest absolute Gasteiger partial charge is 0.493 e. The smallest absolute Gasteiger partial charge is 0.302 e. The summed E-state index contributed by atoms with van der Waals surface area (Å²) >= 11 is 3.51. The van der Waals surface area contributed by atoms with E-state index < -0.39 is 5.91 Å². The number of ether oxygens (including phenoxy) is 1. The Bertz CT molecular complexity index is 1710. The summed E-state index contributed by atoms with van der Waals surface area (Å²) < 4.78 is 10.2. The van der Waals surface area contributed by atoms with Crippen LogP contribution < -0.4 is 10.3 Å². The zero-order valence-electron chi connectivity index (χ0n) is 22.4. The molecule has 0 saturated carbocycles. The normalized spacial score (nSPS) is 18.8. The molecule has 206 valence electrons. The molecule has 2 atom stereocenters. The van der Waals surface area contributed by atoms with Gasteiger partial charge in [-0.15, -0.1) is 10.2 Å². The number of piperidine rings is 1. The molecular formula is C30H30BrN5O4. The van der Waals surface area contributed by atoms with E-state index in [4.69, 9.17) is 4.74 Å². The summed E-state index contributed by atoms with van der Waals surface area (Å²) in [5.41, 5.74) is 4.21. The maximum absolute atomic E-state index is 12.5. The summed E-state index contributed by atoms with van der Waals surface area (Å²) in [7, 11) is 0. The van der Waals surface area contributed by atoms with E-state index in [0.717, 1.165) is 46.3 Å². The van der Waals surface area contributed by atoms with Crippen molar-refractivity contribution in [3.63, 3.8) is 0 Å². The molecule has 2 aromatic heterocycles. The van der Waals surface area contributed by atoms with Gasteiger partial charge in [0.15, 0.2) is 12.3 Å². The molecule has 2 aliphatic heterocycles. The van der Waals surface area contributed by atoms with E-state index in [9.17, 15) is 14.7 Å². The number of likely N-dealkylation sites (tertiary alicyclic amines) is 1. The molecule has 2 aliphatic rings. The number of fused-ring (bicyclic) bond motifs is 5. The lowest BCUT2D eigenvalue weighted by Gasteiger charge is -2.42. The highest BCUT2D eigenvalue weighted by atomic mass is 79.9. The Kier molecular flexibility index (Phi) is 7.06. The number of benzene rings is 2. The Morgan fingerprint density at radius 3 is 2.77 bits per heavy atom. The van der Waals surface area contributed by atoms with Crippen molar-refractivity contribution in [2.75, 3.05) is 19.7 Å². The fourth-order valence-electron chi connectivity index (χ4n) is 6.00. The third-order valence-electron chi connectivity index (χ3n) is 8.04. The second-order valence-corrected chi connectivity index (χ2v) is 11.6. The van der Waals surface area contributed by atoms with Gasteiger partial charge in [-0.05, 0) is 67.6 Å². The van der Waals surface area contributed by atoms with Gasteiger partial charge in [0.25, 0.3) is 5.56 Å². The summed E-state index contributed by atoms with van der Waals surface area (Å²) in [4.78, 5) is 27.3. The van der Waals surface area contributed by atoms with Crippen LogP contribution in [0, 0.1) is 19.8 Å². The van der Waals surface area contributed by atoms with Gasteiger partial charge in [0.05, 0.1) is 12.2 Å². The van der Waals surface area contributed by atoms with E-state index in [1.165, 1.54) is 0 Å². The van der Waals surface area contributed by atoms with Crippen LogP contribution in [-0.2, 0) is 18.0 Å². The van der Waals surface area contributed by atoms with Crippen molar-refractivity contribution < 1.29 is 14.6 Å². The summed E-state index contributed by atoms with van der Waals surface area (Å²) in [6.07, 6.45) is 1.05. The van der Waals surface area contributed by atoms with E-state index >= 15 is 0 Å². The average molecular weight is 605 g/mol. The van der Waals surface area contributed by atoms with Gasteiger partial charge in [-0.3, -0.25) is 19.1 Å². The number of aryl methyl sites for hydroxylation is 1. The van der Waals surface area contributed by atoms with E-state index in [2.05, 4.69) is 31.1 Å². The lowest BCUT2D eigenvalue weighted by atomic mass is 9.83. The number of nitrogens with zero attached hydrogens (tertiary/aromatic N) is 5. The molecule has 1 saturated heterocycles. The number of aromatic hydroxyl groups is 1. The zero-order valence-corrected chi connectivity index (χ0v) is 24.0. The van der Waals surface area contributed by atoms with Gasteiger partial charge in [-0.1, -0.05) is 34.1 Å². The molecule has 6 rings (SSSR count). The Hall–Kier alpha value is -3.76. The zero-order chi connectivity index (χ0) is 28.0. The summed E-state index contributed by atoms with van der Waals surface area (Å²) in [6, 6.07) is 16.9. The molecule has 0 radical (unpaired) electrons. The lowest BCUT2D eigenvalue weighted by molar-refractivity contribution is -0.120. The fraction of sp³-hybridized carbons (Fsp3) is 0.333. The second-order valence-electron chi connectivity index (χ2n) is 10.7. The Labute approximate surface area is 239 Å². The number of halogens is 1. The second kappa shape index (κ2) is 10.7. The van der Waals surface area contributed by atoms with Crippen LogP contribution in [0.4, 0.5) is 5.69 Å². The van der Waals surface area contributed by atoms with Gasteiger partial charge in [0.1, 0.15) is 5.75 Å². The van der Waals surface area contributed by atoms with Crippen LogP contribution in [-0.4, -0.2) is 44.7 Å². The van der Waals surface area contributed by atoms with Crippen molar-refractivity contribution in [3.05, 3.63) is 86.2 Å². The van der Waals surface area contributed by atoms with Gasteiger partial charge in [0.2, 0.25) is 5.88 Å². The van der Waals surface area contributed by atoms with Crippen LogP contribution in [0.1, 0.15) is 29.2 Å². The van der Waals surface area contributed by atoms with Crippen LogP contribution in [0.2, 0.25) is 0 Å². The molecule has 0 spiro atoms. The molecule has 40 heavy (non-hydrogen) atoms. The molecule has 0 unspecified atom stereocenters. The SMILES string of the molecule is Cc1cccc(OCC(=O)N=Nc2c(O)n(CN3C[C@@H]4C[C@H](C3)c3cccc(=O)n3C4)c3ccc(Br)cc23)c1C. The highest BCUT2D eigenvalue weighted by molar-refractivity contribution is 9.10. The Balaban J connectivity index is 1.24. The number of amides is 1. The van der Waals surface area contributed by atoms with Crippen molar-refractivity contribution in [2.24, 2.45) is 16.1 Å². The van der Waals surface area contributed by atoms with E-state index in [1.807, 2.05) is 71.5 Å². The van der Waals surface area contributed by atoms with Gasteiger partial charge in [-0.25, -0.2) is 0 Å². The molecule has 1 fully saturated rings. The monoisotopic (exact) mass is 603 g/mol. The topological polar surface area (TPSA) is 101 Å². The molecular weight excluding hydrogens is 574 g/mol. The standard InChI is InChI=1S/C30H30BrN5O4/c1-18-5-3-7-26(19(18)2)40-16-27(37)32-33-29-23-12-22(31)9-10-25(23)36(30(29)39)17-34-13-20-11-21(15-34)24-6-4-8-28(38)35(24)14-20/h3-10,12,20-21,39H,11,13-17H2,1-2H3/t20-,21+/m0/s1. The molecule has 10 heteroatoms. The molecule has 0 aliphatic carbocycles. The summed E-state index contributed by atoms with van der Waals surface area (Å²) in [5, 5.41) is 20.0. The maximum Gasteiger partial charge on any atom is 0.302 e. The number of hydrogen-bond acceptors (Lipinski definition) is 6. The van der Waals surface area contributed by atoms with Crippen LogP contribution in [0.5, 0.6) is 11.6 Å². The lowest BCUT2D eigenvalue weighted by Crippen LogP contribution is -2.47. The number of carbonyl (C=O) groups is 1. The van der Waals surface area contributed by atoms with Crippen molar-refractivity contribution in [1.29, 1.82) is 0 Å². The quantitative estimate of drug-likeness (QED) is 0.287. The fourth-order valence-corrected chi connectivity index (χ4v) is 6.36. The number of pyridine rings is 1. The number of azo groups is 1. The number of hydrogen-bond donors (Lipinski definition) is 1. The van der Waals surface area contributed by atoms with Crippen LogP contribution in [0.25, 0.3) is 10.9 Å². The van der Waals surface area contributed by atoms with E-state index in [-0.39, 0.29) is 29.7 Å². The van der Waals surface area contributed by atoms with Crippen molar-refractivity contribution in [2.45, 2.75) is 39.4 Å². The Morgan fingerprint density at radius 1 is 1.10 bits per heavy atom. The first-order chi connectivity index (χ1) is 19.3. The maximum atomic E-state index is 12.5. The van der Waals surface area contributed by atoms with Crippen molar-refractivity contribution >= 4 is 38.4 Å². The van der Waals surface area contributed by atoms with Crippen LogP contribution in [0.3, 0.4) is 0 Å². The van der Waals surface area contributed by atoms with E-state index in [1.54, 1.807) is 6.07 Å². The molecule has 2 bridgehead atoms. The summed E-state index contributed by atoms with van der Waals surface area (Å²) in [5.74, 6) is 0.652. The minimum absolute atomic E-state index is 0.0487. The predicted molar refractivity (Wildman–Crippen MR) is 155 cm³/mol. The van der Waals surface area contributed by atoms with Gasteiger partial charge in [0, 0.05) is 47.2 Å². The van der Waals surface area contributed by atoms with E-state index in [0.29, 0.717) is 30.3 Å². The Morgan fingerprint density at radius 2 is 1.93 bits per heavy atom. The van der Waals surface area contributed by atoms with Gasteiger partial charge in [-0.2, -0.15) is 0 Å². The highest BCUT2D eigenvalue weighted by Crippen LogP contribution is 2.41. The third-order valence-corrected chi connectivity index (χ3v) is 8.53. The first kappa shape index (κ1) is 26.5.